The van der Waals surface area contributed by atoms with Gasteiger partial charge in [0, 0.05) is 0 Å². The quantitative estimate of drug-likeness (QED) is 0.487. The Balaban J connectivity index is 4.23. The van der Waals surface area contributed by atoms with E-state index in [1.54, 1.807) is 0 Å². The van der Waals surface area contributed by atoms with E-state index in [0.717, 1.165) is 12.2 Å². The Kier molecular flexibility index (Phi) is 3.60. The summed E-state index contributed by atoms with van der Waals surface area (Å²) in [5, 5.41) is 18.2. The Labute approximate surface area is 63.7 Å². The first-order valence-corrected chi connectivity index (χ1v) is 2.87. The number of nitriles is 1. The number of allylic oxidation sites excluding steroid dienone is 1. The fraction of sp³-hybridized carbons (Fsp3) is 0.286. The van der Waals surface area contributed by atoms with Crippen LogP contribution in [0, 0.1) is 17.2 Å². The molecule has 0 aromatic heterocycles. The molecule has 0 heterocycles. The standard InChI is InChI=1S/C7H7NO3/c1-5(9)2-3-6(4-8)7(10)11/h2-3,6H,1H3,(H,10,11)/p-1/b3-2+. The minimum atomic E-state index is -1.50. The van der Waals surface area contributed by atoms with Crippen molar-refractivity contribution in [2.24, 2.45) is 5.92 Å². The van der Waals surface area contributed by atoms with Gasteiger partial charge < -0.3 is 9.90 Å². The largest absolute Gasteiger partial charge is 0.548 e. The average molecular weight is 152 g/mol. The zero-order valence-corrected chi connectivity index (χ0v) is 5.90. The Hall–Kier alpha value is -1.63. The van der Waals surface area contributed by atoms with Crippen LogP contribution in [0.4, 0.5) is 0 Å². The Morgan fingerprint density at radius 1 is 1.64 bits per heavy atom. The summed E-state index contributed by atoms with van der Waals surface area (Å²) in [6.45, 7) is 1.26. The van der Waals surface area contributed by atoms with Crippen LogP contribution in [0.2, 0.25) is 0 Å². The molecule has 4 heteroatoms. The Morgan fingerprint density at radius 3 is 2.45 bits per heavy atom. The van der Waals surface area contributed by atoms with Crippen molar-refractivity contribution in [1.82, 2.24) is 0 Å². The zero-order valence-electron chi connectivity index (χ0n) is 5.90. The summed E-state index contributed by atoms with van der Waals surface area (Å²) < 4.78 is 0. The molecule has 0 saturated carbocycles. The van der Waals surface area contributed by atoms with Gasteiger partial charge in [-0.3, -0.25) is 4.79 Å². The lowest BCUT2D eigenvalue weighted by atomic mass is 10.1. The highest BCUT2D eigenvalue weighted by Gasteiger charge is 2.01. The molecule has 0 radical (unpaired) electrons. The van der Waals surface area contributed by atoms with E-state index in [0.29, 0.717) is 0 Å². The maximum Gasteiger partial charge on any atom is 0.152 e. The van der Waals surface area contributed by atoms with E-state index >= 15 is 0 Å². The van der Waals surface area contributed by atoms with Crippen LogP contribution in [0.3, 0.4) is 0 Å². The summed E-state index contributed by atoms with van der Waals surface area (Å²) in [5.74, 6) is -3.13. The first-order chi connectivity index (χ1) is 5.07. The molecule has 58 valence electrons. The molecule has 4 nitrogen and oxygen atoms in total. The van der Waals surface area contributed by atoms with Crippen molar-refractivity contribution >= 4 is 11.8 Å². The molecule has 0 aromatic rings. The Morgan fingerprint density at radius 2 is 2.18 bits per heavy atom. The van der Waals surface area contributed by atoms with Crippen LogP contribution in [-0.2, 0) is 9.59 Å². The van der Waals surface area contributed by atoms with E-state index in [1.165, 1.54) is 13.0 Å². The number of carboxylic acids is 1. The number of hydrogen-bond acceptors (Lipinski definition) is 4. The molecule has 0 spiro atoms. The SMILES string of the molecule is CC(=O)/C=C/C(C#N)C(=O)[O-]. The van der Waals surface area contributed by atoms with Crippen molar-refractivity contribution in [2.45, 2.75) is 6.92 Å². The number of carbonyl (C=O) groups is 2. The van der Waals surface area contributed by atoms with Gasteiger partial charge in [0.05, 0.1) is 12.0 Å². The van der Waals surface area contributed by atoms with Gasteiger partial charge in [0.25, 0.3) is 0 Å². The topological polar surface area (TPSA) is 81.0 Å². The van der Waals surface area contributed by atoms with E-state index in [9.17, 15) is 14.7 Å². The Bertz CT molecular complexity index is 237. The molecular weight excluding hydrogens is 146 g/mol. The van der Waals surface area contributed by atoms with E-state index in [1.807, 2.05) is 0 Å². The van der Waals surface area contributed by atoms with Crippen LogP contribution in [0.1, 0.15) is 6.92 Å². The molecule has 0 aromatic carbocycles. The second kappa shape index (κ2) is 4.23. The molecule has 1 atom stereocenters. The lowest BCUT2D eigenvalue weighted by Gasteiger charge is -2.01. The van der Waals surface area contributed by atoms with Crippen molar-refractivity contribution in [1.29, 1.82) is 5.26 Å². The van der Waals surface area contributed by atoms with Gasteiger partial charge >= 0.3 is 0 Å². The third-order valence-electron chi connectivity index (χ3n) is 0.916. The summed E-state index contributed by atoms with van der Waals surface area (Å²) in [6, 6.07) is 1.46. The summed E-state index contributed by atoms with van der Waals surface area (Å²) in [6.07, 6.45) is 2.03. The smallest absolute Gasteiger partial charge is 0.152 e. The maximum absolute atomic E-state index is 10.3. The number of ketones is 1. The number of carbonyl (C=O) groups excluding carboxylic acids is 2. The van der Waals surface area contributed by atoms with Crippen LogP contribution in [0.5, 0.6) is 0 Å². The van der Waals surface area contributed by atoms with E-state index in [2.05, 4.69) is 0 Å². The number of carboxylic acid groups (broad SMARTS) is 1. The second-order valence-electron chi connectivity index (χ2n) is 1.90. The molecular formula is C7H6NO3-. The molecule has 0 bridgehead atoms. The summed E-state index contributed by atoms with van der Waals surface area (Å²) in [5.41, 5.74) is 0. The highest BCUT2D eigenvalue weighted by Crippen LogP contribution is 1.94. The van der Waals surface area contributed by atoms with Gasteiger partial charge in [-0.25, -0.2) is 0 Å². The lowest BCUT2D eigenvalue weighted by Crippen LogP contribution is -2.29. The summed E-state index contributed by atoms with van der Waals surface area (Å²) in [7, 11) is 0. The van der Waals surface area contributed by atoms with Gasteiger partial charge in [0.2, 0.25) is 0 Å². The summed E-state index contributed by atoms with van der Waals surface area (Å²) >= 11 is 0. The minimum Gasteiger partial charge on any atom is -0.548 e. The van der Waals surface area contributed by atoms with Crippen LogP contribution in [0.25, 0.3) is 0 Å². The van der Waals surface area contributed by atoms with Gasteiger partial charge in [-0.05, 0) is 13.0 Å². The zero-order chi connectivity index (χ0) is 8.85. The first kappa shape index (κ1) is 9.37. The number of rotatable bonds is 3. The molecule has 11 heavy (non-hydrogen) atoms. The molecule has 0 amide bonds. The second-order valence-corrected chi connectivity index (χ2v) is 1.90. The van der Waals surface area contributed by atoms with E-state index in [-0.39, 0.29) is 5.78 Å². The van der Waals surface area contributed by atoms with E-state index < -0.39 is 11.9 Å². The number of hydrogen-bond donors (Lipinski definition) is 0. The van der Waals surface area contributed by atoms with Crippen molar-refractivity contribution in [3.63, 3.8) is 0 Å². The molecule has 0 N–H and O–H groups in total. The van der Waals surface area contributed by atoms with Crippen molar-refractivity contribution < 1.29 is 14.7 Å². The van der Waals surface area contributed by atoms with Crippen LogP contribution in [0.15, 0.2) is 12.2 Å². The molecule has 0 aliphatic heterocycles. The molecule has 0 aliphatic carbocycles. The van der Waals surface area contributed by atoms with Crippen LogP contribution < -0.4 is 5.11 Å². The van der Waals surface area contributed by atoms with Crippen LogP contribution in [-0.4, -0.2) is 11.8 Å². The maximum atomic E-state index is 10.3. The van der Waals surface area contributed by atoms with E-state index in [4.69, 9.17) is 5.26 Å². The van der Waals surface area contributed by atoms with Crippen molar-refractivity contribution in [3.8, 4) is 6.07 Å². The van der Waals surface area contributed by atoms with Gasteiger partial charge in [-0.1, -0.05) is 6.08 Å². The van der Waals surface area contributed by atoms with Gasteiger partial charge in [0.15, 0.2) is 5.78 Å². The lowest BCUT2D eigenvalue weighted by molar-refractivity contribution is -0.307. The third-order valence-corrected chi connectivity index (χ3v) is 0.916. The minimum absolute atomic E-state index is 0.300. The van der Waals surface area contributed by atoms with Crippen molar-refractivity contribution in [2.75, 3.05) is 0 Å². The molecule has 0 saturated heterocycles. The average Bonchev–Trinajstić information content (AvgIpc) is 1.87. The predicted octanol–water partition coefficient (Wildman–Crippen LogP) is -0.979. The molecule has 1 unspecified atom stereocenters. The van der Waals surface area contributed by atoms with Gasteiger partial charge in [0.1, 0.15) is 5.92 Å². The normalized spacial score (nSPS) is 12.4. The fourth-order valence-electron chi connectivity index (χ4n) is 0.406. The fourth-order valence-corrected chi connectivity index (χ4v) is 0.406. The number of nitrogens with zero attached hydrogens (tertiary/aromatic N) is 1. The monoisotopic (exact) mass is 152 g/mol. The number of aliphatic carboxylic acids is 1. The van der Waals surface area contributed by atoms with Gasteiger partial charge in [-0.2, -0.15) is 5.26 Å². The first-order valence-electron chi connectivity index (χ1n) is 2.87. The summed E-state index contributed by atoms with van der Waals surface area (Å²) in [4.78, 5) is 20.3. The van der Waals surface area contributed by atoms with Gasteiger partial charge in [-0.15, -0.1) is 0 Å². The highest BCUT2D eigenvalue weighted by atomic mass is 16.4. The van der Waals surface area contributed by atoms with Crippen LogP contribution >= 0.6 is 0 Å². The molecule has 0 rings (SSSR count). The predicted molar refractivity (Wildman–Crippen MR) is 33.9 cm³/mol. The van der Waals surface area contributed by atoms with Crippen molar-refractivity contribution in [3.05, 3.63) is 12.2 Å². The molecule has 0 fully saturated rings. The molecule has 0 aliphatic rings. The third kappa shape index (κ3) is 3.87. The highest BCUT2D eigenvalue weighted by molar-refractivity contribution is 5.88.